The summed E-state index contributed by atoms with van der Waals surface area (Å²) < 4.78 is 94.2. The molecule has 0 radical (unpaired) electrons. The van der Waals surface area contributed by atoms with Crippen molar-refractivity contribution in [3.05, 3.63) is 261 Å². The fourth-order valence-corrected chi connectivity index (χ4v) is 12.3. The van der Waals surface area contributed by atoms with Gasteiger partial charge >= 0.3 is 12.4 Å². The Hall–Kier alpha value is -14.0. The molecule has 0 saturated carbocycles. The zero-order valence-corrected chi connectivity index (χ0v) is 48.2. The van der Waals surface area contributed by atoms with Crippen LogP contribution < -0.4 is 0 Å². The Morgan fingerprint density at radius 3 is 0.915 bits per heavy atom. The molecule has 94 heavy (non-hydrogen) atoms. The van der Waals surface area contributed by atoms with Crippen molar-refractivity contribution >= 4 is 43.6 Å². The van der Waals surface area contributed by atoms with Crippen molar-refractivity contribution in [3.8, 4) is 133 Å². The normalized spacial score (nSPS) is 11.2. The van der Waals surface area contributed by atoms with Gasteiger partial charge < -0.3 is 9.13 Å². The van der Waals surface area contributed by atoms with Gasteiger partial charge in [0.1, 0.15) is 0 Å². The predicted molar refractivity (Wildman–Crippen MR) is 340 cm³/mol. The van der Waals surface area contributed by atoms with E-state index in [4.69, 9.17) is 0 Å². The van der Waals surface area contributed by atoms with Crippen LogP contribution in [0.1, 0.15) is 61.2 Å². The number of aromatic nitrogens is 2. The van der Waals surface area contributed by atoms with Gasteiger partial charge in [0.15, 0.2) is 0 Å². The van der Waals surface area contributed by atoms with Crippen LogP contribution in [0.15, 0.2) is 200 Å². The van der Waals surface area contributed by atoms with Gasteiger partial charge in [0, 0.05) is 32.8 Å². The van der Waals surface area contributed by atoms with E-state index in [2.05, 4.69) is 54.6 Å². The highest BCUT2D eigenvalue weighted by Gasteiger charge is 2.39. The average Bonchev–Trinajstić information content (AvgIpc) is 1.54. The lowest BCUT2D eigenvalue weighted by molar-refractivity contribution is -0.142. The molecular weight excluding hydrogens is 1190 g/mol. The fraction of sp³-hybridized carbons (Fsp3) is 0.0260. The van der Waals surface area contributed by atoms with Gasteiger partial charge in [0.25, 0.3) is 0 Å². The second kappa shape index (κ2) is 22.9. The van der Waals surface area contributed by atoms with Gasteiger partial charge in [-0.15, -0.1) is 0 Å². The standard InChI is InChI=1S/C77H33F6N11/c78-76(79,80)60-6-8-63(70(32-60)77(81,82)83)62-9-7-61(93-71-11-2-52(56-19-44(35-85)15-45(20-56)36-86)28-66(71)67-29-53(3-12-72(67)93)57-21-46(37-87)16-47(22-57)38-88)33-64(62)65-27-43(34-84)1-10-73(65)94-74-13-4-54(58-23-48(39-89)17-49(24-58)40-90)30-68(74)69-31-55(5-14-75(69)94)59-25-50(41-91)18-51(26-59)42-92/h1-33H. The van der Waals surface area contributed by atoms with Crippen LogP contribution in [-0.4, -0.2) is 9.13 Å². The van der Waals surface area contributed by atoms with Crippen LogP contribution in [0.3, 0.4) is 0 Å². The Morgan fingerprint density at radius 2 is 0.585 bits per heavy atom. The van der Waals surface area contributed by atoms with Crippen LogP contribution in [0.4, 0.5) is 26.3 Å². The van der Waals surface area contributed by atoms with E-state index in [1.54, 1.807) is 109 Å². The van der Waals surface area contributed by atoms with Crippen LogP contribution >= 0.6 is 0 Å². The van der Waals surface area contributed by atoms with E-state index in [-0.39, 0.29) is 72.8 Å². The highest BCUT2D eigenvalue weighted by molar-refractivity contribution is 6.14. The number of nitriles is 9. The Morgan fingerprint density at radius 1 is 0.245 bits per heavy atom. The third kappa shape index (κ3) is 10.4. The molecule has 0 aliphatic carbocycles. The Balaban J connectivity index is 1.13. The van der Waals surface area contributed by atoms with Crippen molar-refractivity contribution in [2.24, 2.45) is 0 Å². The topological polar surface area (TPSA) is 224 Å². The van der Waals surface area contributed by atoms with Crippen molar-refractivity contribution in [2.45, 2.75) is 12.4 Å². The molecule has 438 valence electrons. The summed E-state index contributed by atoms with van der Waals surface area (Å²) in [7, 11) is 0. The molecule has 0 saturated heterocycles. The summed E-state index contributed by atoms with van der Waals surface area (Å²) in [4.78, 5) is 0. The molecule has 11 aromatic carbocycles. The van der Waals surface area contributed by atoms with E-state index >= 15 is 13.2 Å². The second-order valence-electron chi connectivity index (χ2n) is 22.0. The lowest BCUT2D eigenvalue weighted by atomic mass is 9.88. The first-order chi connectivity index (χ1) is 45.3. The fourth-order valence-electron chi connectivity index (χ4n) is 12.3. The predicted octanol–water partition coefficient (Wildman–Crippen LogP) is 18.8. The van der Waals surface area contributed by atoms with E-state index in [0.29, 0.717) is 106 Å². The molecule has 13 aromatic rings. The highest BCUT2D eigenvalue weighted by atomic mass is 19.4. The Kier molecular flexibility index (Phi) is 14.4. The van der Waals surface area contributed by atoms with Crippen LogP contribution in [0, 0.1) is 102 Å². The van der Waals surface area contributed by atoms with Crippen molar-refractivity contribution < 1.29 is 26.3 Å². The molecule has 0 bridgehead atoms. The summed E-state index contributed by atoms with van der Waals surface area (Å²) in [6.07, 6.45) is -10.5. The van der Waals surface area contributed by atoms with Gasteiger partial charge in [-0.2, -0.15) is 73.7 Å². The number of alkyl halides is 6. The summed E-state index contributed by atoms with van der Waals surface area (Å²) in [5.41, 5.74) is 5.22. The maximum Gasteiger partial charge on any atom is 0.417 e. The Bertz CT molecular complexity index is 5520. The maximum absolute atomic E-state index is 15.7. The third-order valence-corrected chi connectivity index (χ3v) is 16.5. The molecular formula is C77H33F6N11. The SMILES string of the molecule is N#Cc1cc(C#N)cc(-c2ccc3c(c2)c2cc(-c4cc(C#N)cc(C#N)c4)ccc2n3-c2ccc(-c3ccc(C(F)(F)F)cc3C(F)(F)F)c(-c3cc(C#N)ccc3-n3c4ccc(-c5cc(C#N)cc(C#N)c5)cc4c4cc(-c5cc(C#N)cc(C#N)c5)ccc43)c2)c1. The van der Waals surface area contributed by atoms with E-state index in [0.717, 1.165) is 6.07 Å². The summed E-state index contributed by atoms with van der Waals surface area (Å²) in [6, 6.07) is 70.1. The van der Waals surface area contributed by atoms with Crippen molar-refractivity contribution in [1.82, 2.24) is 9.13 Å². The van der Waals surface area contributed by atoms with E-state index < -0.39 is 29.0 Å². The van der Waals surface area contributed by atoms with Crippen LogP contribution in [0.5, 0.6) is 0 Å². The summed E-state index contributed by atoms with van der Waals surface area (Å²) in [5.74, 6) is 0. The van der Waals surface area contributed by atoms with Gasteiger partial charge in [-0.3, -0.25) is 0 Å². The quantitative estimate of drug-likeness (QED) is 0.132. The number of rotatable bonds is 8. The Labute approximate surface area is 530 Å². The van der Waals surface area contributed by atoms with Gasteiger partial charge in [0.2, 0.25) is 0 Å². The lowest BCUT2D eigenvalue weighted by Gasteiger charge is -2.22. The van der Waals surface area contributed by atoms with E-state index in [1.165, 1.54) is 48.5 Å². The zero-order valence-electron chi connectivity index (χ0n) is 48.2. The smallest absolute Gasteiger partial charge is 0.309 e. The monoisotopic (exact) mass is 1230 g/mol. The summed E-state index contributed by atoms with van der Waals surface area (Å²) >= 11 is 0. The number of hydrogen-bond acceptors (Lipinski definition) is 9. The van der Waals surface area contributed by atoms with Crippen molar-refractivity contribution in [3.63, 3.8) is 0 Å². The summed E-state index contributed by atoms with van der Waals surface area (Å²) in [6.45, 7) is 0. The molecule has 0 atom stereocenters. The molecule has 13 rings (SSSR count). The van der Waals surface area contributed by atoms with Crippen molar-refractivity contribution in [2.75, 3.05) is 0 Å². The molecule has 17 heteroatoms. The number of hydrogen-bond donors (Lipinski definition) is 0. The zero-order chi connectivity index (χ0) is 65.9. The summed E-state index contributed by atoms with van der Waals surface area (Å²) in [5, 5.41) is 93.0. The largest absolute Gasteiger partial charge is 0.417 e. The molecule has 2 aromatic heterocycles. The molecule has 0 spiro atoms. The maximum atomic E-state index is 15.7. The number of nitrogens with zero attached hydrogens (tertiary/aromatic N) is 11. The number of benzene rings is 11. The van der Waals surface area contributed by atoms with Crippen LogP contribution in [0.2, 0.25) is 0 Å². The van der Waals surface area contributed by atoms with Crippen LogP contribution in [-0.2, 0) is 12.4 Å². The lowest BCUT2D eigenvalue weighted by Crippen LogP contribution is -2.12. The van der Waals surface area contributed by atoms with Gasteiger partial charge in [-0.25, -0.2) is 0 Å². The molecule has 2 heterocycles. The molecule has 0 fully saturated rings. The molecule has 0 amide bonds. The first-order valence-electron chi connectivity index (χ1n) is 28.3. The first kappa shape index (κ1) is 59.0. The minimum absolute atomic E-state index is 0.0331. The van der Waals surface area contributed by atoms with Crippen LogP contribution in [0.25, 0.3) is 122 Å². The minimum Gasteiger partial charge on any atom is -0.309 e. The first-order valence-corrected chi connectivity index (χ1v) is 28.3. The molecule has 0 aliphatic rings. The van der Waals surface area contributed by atoms with Gasteiger partial charge in [0.05, 0.1) is 144 Å². The molecule has 0 aliphatic heterocycles. The highest BCUT2D eigenvalue weighted by Crippen LogP contribution is 2.48. The van der Waals surface area contributed by atoms with Crippen molar-refractivity contribution in [1.29, 1.82) is 47.4 Å². The number of halogens is 6. The van der Waals surface area contributed by atoms with Gasteiger partial charge in [-0.05, 0) is 225 Å². The molecule has 0 N–H and O–H groups in total. The van der Waals surface area contributed by atoms with E-state index in [9.17, 15) is 60.5 Å². The second-order valence-corrected chi connectivity index (χ2v) is 22.0. The molecule has 11 nitrogen and oxygen atoms in total. The average molecular weight is 1230 g/mol. The van der Waals surface area contributed by atoms with E-state index in [1.807, 2.05) is 33.4 Å². The third-order valence-electron chi connectivity index (χ3n) is 16.5. The van der Waals surface area contributed by atoms with Gasteiger partial charge in [-0.1, -0.05) is 36.4 Å². The number of fused-ring (bicyclic) bond motifs is 6. The molecule has 0 unspecified atom stereocenters. The minimum atomic E-state index is -5.35.